The quantitative estimate of drug-likeness (QED) is 0.473. The first-order valence-corrected chi connectivity index (χ1v) is 7.47. The Morgan fingerprint density at radius 3 is 2.40 bits per heavy atom. The van der Waals surface area contributed by atoms with Crippen LogP contribution in [0.2, 0.25) is 0 Å². The number of amides is 2. The molecule has 2 aromatic rings. The number of benzene rings is 2. The Bertz CT molecular complexity index is 774. The van der Waals surface area contributed by atoms with Crippen molar-refractivity contribution >= 4 is 23.2 Å². The summed E-state index contributed by atoms with van der Waals surface area (Å²) in [5.74, 6) is -1.08. The summed E-state index contributed by atoms with van der Waals surface area (Å²) in [7, 11) is 1.57. The van der Waals surface area contributed by atoms with Crippen molar-refractivity contribution in [3.05, 3.63) is 64.2 Å². The van der Waals surface area contributed by atoms with Crippen molar-refractivity contribution in [1.29, 1.82) is 0 Å². The van der Waals surface area contributed by atoms with Gasteiger partial charge in [-0.3, -0.25) is 19.7 Å². The summed E-state index contributed by atoms with van der Waals surface area (Å²) < 4.78 is 5.06. The number of anilines is 1. The number of ether oxygens (including phenoxy) is 1. The molecule has 0 saturated carbocycles. The van der Waals surface area contributed by atoms with E-state index in [-0.39, 0.29) is 17.9 Å². The maximum Gasteiger partial charge on any atom is 0.313 e. The van der Waals surface area contributed by atoms with Crippen LogP contribution in [0, 0.1) is 10.1 Å². The normalized spacial score (nSPS) is 9.96. The Labute approximate surface area is 144 Å². The molecule has 0 saturated heterocycles. The summed E-state index contributed by atoms with van der Waals surface area (Å²) in [5, 5.41) is 15.6. The van der Waals surface area contributed by atoms with Gasteiger partial charge in [0.2, 0.25) is 0 Å². The second-order valence-corrected chi connectivity index (χ2v) is 5.08. The van der Waals surface area contributed by atoms with E-state index in [1.165, 1.54) is 24.3 Å². The van der Waals surface area contributed by atoms with Gasteiger partial charge in [0, 0.05) is 12.6 Å². The average Bonchev–Trinajstić information content (AvgIpc) is 2.62. The summed E-state index contributed by atoms with van der Waals surface area (Å²) in [6.07, 6.45) is 0.536. The summed E-state index contributed by atoms with van der Waals surface area (Å²) in [5.41, 5.74) is 0.671. The molecular weight excluding hydrogens is 326 g/mol. The van der Waals surface area contributed by atoms with E-state index in [0.717, 1.165) is 11.3 Å². The highest BCUT2D eigenvalue weighted by Gasteiger charge is 2.19. The van der Waals surface area contributed by atoms with Crippen LogP contribution in [-0.2, 0) is 16.0 Å². The Balaban J connectivity index is 1.86. The first kappa shape index (κ1) is 17.9. The lowest BCUT2D eigenvalue weighted by Crippen LogP contribution is -2.36. The molecule has 2 rings (SSSR count). The van der Waals surface area contributed by atoms with Gasteiger partial charge in [-0.2, -0.15) is 0 Å². The maximum atomic E-state index is 11.9. The molecule has 2 aromatic carbocycles. The summed E-state index contributed by atoms with van der Waals surface area (Å²) in [4.78, 5) is 33.9. The predicted molar refractivity (Wildman–Crippen MR) is 91.4 cm³/mol. The van der Waals surface area contributed by atoms with Crippen LogP contribution in [-0.4, -0.2) is 30.4 Å². The number of hydrogen-bond acceptors (Lipinski definition) is 5. The number of nitrogens with zero attached hydrogens (tertiary/aromatic N) is 1. The van der Waals surface area contributed by atoms with Gasteiger partial charge in [0.25, 0.3) is 5.69 Å². The highest BCUT2D eigenvalue weighted by atomic mass is 16.6. The molecular formula is C17H17N3O5. The molecule has 0 fully saturated rings. The lowest BCUT2D eigenvalue weighted by atomic mass is 10.1. The van der Waals surface area contributed by atoms with E-state index in [4.69, 9.17) is 4.74 Å². The van der Waals surface area contributed by atoms with E-state index in [9.17, 15) is 19.7 Å². The Morgan fingerprint density at radius 2 is 1.76 bits per heavy atom. The number of methoxy groups -OCH3 is 1. The van der Waals surface area contributed by atoms with Gasteiger partial charge in [-0.05, 0) is 30.2 Å². The van der Waals surface area contributed by atoms with Gasteiger partial charge in [-0.15, -0.1) is 0 Å². The largest absolute Gasteiger partial charge is 0.497 e. The molecule has 0 aliphatic heterocycles. The van der Waals surface area contributed by atoms with Gasteiger partial charge < -0.3 is 15.4 Å². The molecule has 2 N–H and O–H groups in total. The standard InChI is InChI=1S/C17H17N3O5/c1-25-13-8-6-12(7-9-13)10-11-18-16(21)17(22)19-14-4-2-3-5-15(14)20(23)24/h2-9H,10-11H2,1H3,(H,18,21)(H,19,22). The van der Waals surface area contributed by atoms with Gasteiger partial charge in [0.05, 0.1) is 12.0 Å². The molecule has 25 heavy (non-hydrogen) atoms. The number of carbonyl (C=O) groups excluding carboxylic acids is 2. The van der Waals surface area contributed by atoms with Crippen LogP contribution in [0.4, 0.5) is 11.4 Å². The number of hydrogen-bond donors (Lipinski definition) is 2. The highest BCUT2D eigenvalue weighted by Crippen LogP contribution is 2.22. The molecule has 8 nitrogen and oxygen atoms in total. The van der Waals surface area contributed by atoms with E-state index < -0.39 is 16.7 Å². The van der Waals surface area contributed by atoms with Crippen LogP contribution in [0.25, 0.3) is 0 Å². The summed E-state index contributed by atoms with van der Waals surface area (Å²) in [6.45, 7) is 0.259. The second kappa shape index (κ2) is 8.44. The Hall–Kier alpha value is -3.42. The third-order valence-electron chi connectivity index (χ3n) is 3.41. The summed E-state index contributed by atoms with van der Waals surface area (Å²) >= 11 is 0. The van der Waals surface area contributed by atoms with Gasteiger partial charge in [-0.25, -0.2) is 0 Å². The first-order chi connectivity index (χ1) is 12.0. The van der Waals surface area contributed by atoms with Gasteiger partial charge >= 0.3 is 11.8 Å². The van der Waals surface area contributed by atoms with Crippen LogP contribution >= 0.6 is 0 Å². The average molecular weight is 343 g/mol. The number of para-hydroxylation sites is 2. The van der Waals surface area contributed by atoms with Crippen LogP contribution in [0.1, 0.15) is 5.56 Å². The molecule has 0 spiro atoms. The molecule has 8 heteroatoms. The molecule has 0 radical (unpaired) electrons. The molecule has 0 aromatic heterocycles. The van der Waals surface area contributed by atoms with Crippen molar-refractivity contribution in [2.24, 2.45) is 0 Å². The lowest BCUT2D eigenvalue weighted by Gasteiger charge is -2.07. The third kappa shape index (κ3) is 5.03. The van der Waals surface area contributed by atoms with Crippen LogP contribution in [0.3, 0.4) is 0 Å². The zero-order chi connectivity index (χ0) is 18.2. The monoisotopic (exact) mass is 343 g/mol. The number of rotatable bonds is 6. The fourth-order valence-corrected chi connectivity index (χ4v) is 2.11. The number of nitrogens with one attached hydrogen (secondary N) is 2. The fourth-order valence-electron chi connectivity index (χ4n) is 2.11. The molecule has 2 amide bonds. The minimum Gasteiger partial charge on any atom is -0.497 e. The van der Waals surface area contributed by atoms with Crippen LogP contribution in [0.5, 0.6) is 5.75 Å². The predicted octanol–water partition coefficient (Wildman–Crippen LogP) is 1.90. The highest BCUT2D eigenvalue weighted by molar-refractivity contribution is 6.39. The molecule has 0 aliphatic rings. The number of carbonyl (C=O) groups is 2. The minimum atomic E-state index is -0.955. The van der Waals surface area contributed by atoms with Crippen molar-refractivity contribution in [3.63, 3.8) is 0 Å². The number of nitro benzene ring substituents is 1. The Kier molecular flexibility index (Phi) is 6.05. The fraction of sp³-hybridized carbons (Fsp3) is 0.176. The molecule has 0 bridgehead atoms. The van der Waals surface area contributed by atoms with Gasteiger partial charge in [0.15, 0.2) is 0 Å². The maximum absolute atomic E-state index is 11.9. The van der Waals surface area contributed by atoms with Crippen molar-refractivity contribution in [2.45, 2.75) is 6.42 Å². The lowest BCUT2D eigenvalue weighted by molar-refractivity contribution is -0.383. The topological polar surface area (TPSA) is 111 Å². The second-order valence-electron chi connectivity index (χ2n) is 5.08. The van der Waals surface area contributed by atoms with E-state index in [1.807, 2.05) is 12.1 Å². The molecule has 0 aliphatic carbocycles. The third-order valence-corrected chi connectivity index (χ3v) is 3.41. The van der Waals surface area contributed by atoms with E-state index in [0.29, 0.717) is 6.42 Å². The zero-order valence-electron chi connectivity index (χ0n) is 13.5. The molecule has 0 unspecified atom stereocenters. The van der Waals surface area contributed by atoms with Crippen LogP contribution in [0.15, 0.2) is 48.5 Å². The van der Waals surface area contributed by atoms with E-state index in [2.05, 4.69) is 10.6 Å². The molecule has 0 heterocycles. The van der Waals surface area contributed by atoms with Gasteiger partial charge in [0.1, 0.15) is 11.4 Å². The number of nitro groups is 1. The smallest absolute Gasteiger partial charge is 0.313 e. The van der Waals surface area contributed by atoms with E-state index >= 15 is 0 Å². The van der Waals surface area contributed by atoms with Crippen LogP contribution < -0.4 is 15.4 Å². The van der Waals surface area contributed by atoms with Crippen molar-refractivity contribution < 1.29 is 19.2 Å². The zero-order valence-corrected chi connectivity index (χ0v) is 13.5. The van der Waals surface area contributed by atoms with Crippen molar-refractivity contribution in [3.8, 4) is 5.75 Å². The van der Waals surface area contributed by atoms with E-state index in [1.54, 1.807) is 19.2 Å². The van der Waals surface area contributed by atoms with Crippen molar-refractivity contribution in [2.75, 3.05) is 19.0 Å². The van der Waals surface area contributed by atoms with Gasteiger partial charge in [-0.1, -0.05) is 24.3 Å². The molecule has 130 valence electrons. The SMILES string of the molecule is COc1ccc(CCNC(=O)C(=O)Nc2ccccc2[N+](=O)[O-])cc1. The Morgan fingerprint density at radius 1 is 1.08 bits per heavy atom. The first-order valence-electron chi connectivity index (χ1n) is 7.47. The summed E-state index contributed by atoms with van der Waals surface area (Å²) in [6, 6.07) is 12.9. The minimum absolute atomic E-state index is 0.0252. The molecule has 0 atom stereocenters. The van der Waals surface area contributed by atoms with Crippen molar-refractivity contribution in [1.82, 2.24) is 5.32 Å².